The SMILES string of the molecule is CC(=O)c1ccc(CC(=O)O)c(OCc2cc(-c3cccc(CN)c3F)c3oc(F)cc3c2)c1. The van der Waals surface area contributed by atoms with Crippen LogP contribution in [0, 0.1) is 11.8 Å². The first-order valence-electron chi connectivity index (χ1n) is 10.4. The number of fused-ring (bicyclic) bond motifs is 1. The summed E-state index contributed by atoms with van der Waals surface area (Å²) in [5, 5.41) is 9.61. The highest BCUT2D eigenvalue weighted by molar-refractivity contribution is 5.95. The molecule has 1 heterocycles. The number of aliphatic carboxylic acids is 1. The van der Waals surface area contributed by atoms with Gasteiger partial charge in [0.05, 0.1) is 6.42 Å². The number of halogens is 2. The highest BCUT2D eigenvalue weighted by atomic mass is 19.1. The molecule has 34 heavy (non-hydrogen) atoms. The van der Waals surface area contributed by atoms with E-state index < -0.39 is 17.8 Å². The summed E-state index contributed by atoms with van der Waals surface area (Å²) in [4.78, 5) is 23.0. The second-order valence-electron chi connectivity index (χ2n) is 7.83. The first-order valence-corrected chi connectivity index (χ1v) is 10.4. The van der Waals surface area contributed by atoms with E-state index in [4.69, 9.17) is 14.9 Å². The molecule has 0 atom stereocenters. The number of carbonyl (C=O) groups is 2. The fourth-order valence-corrected chi connectivity index (χ4v) is 3.79. The third-order valence-corrected chi connectivity index (χ3v) is 5.44. The second-order valence-corrected chi connectivity index (χ2v) is 7.83. The number of Topliss-reactive ketones (excluding diaryl/α,β-unsaturated/α-hetero) is 1. The van der Waals surface area contributed by atoms with Gasteiger partial charge in [-0.1, -0.05) is 30.3 Å². The van der Waals surface area contributed by atoms with Gasteiger partial charge in [0.1, 0.15) is 23.8 Å². The molecule has 0 saturated heterocycles. The summed E-state index contributed by atoms with van der Waals surface area (Å²) in [6.07, 6.45) is -0.290. The van der Waals surface area contributed by atoms with E-state index >= 15 is 4.39 Å². The number of ether oxygens (including phenoxy) is 1. The number of furan rings is 1. The number of rotatable bonds is 8. The minimum Gasteiger partial charge on any atom is -0.489 e. The van der Waals surface area contributed by atoms with Crippen molar-refractivity contribution < 1.29 is 32.6 Å². The standard InChI is InChI=1S/C26H21F2NO5/c1-14(30)16-5-6-17(11-24(31)32)22(9-16)33-13-15-7-19-10-23(27)34-26(19)21(8-15)20-4-2-3-18(12-29)25(20)28/h2-10H,11-13,29H2,1H3,(H,31,32). The fourth-order valence-electron chi connectivity index (χ4n) is 3.79. The van der Waals surface area contributed by atoms with E-state index in [9.17, 15) is 19.1 Å². The van der Waals surface area contributed by atoms with Crippen molar-refractivity contribution in [1.29, 1.82) is 0 Å². The Labute approximate surface area is 193 Å². The summed E-state index contributed by atoms with van der Waals surface area (Å²) < 4.78 is 40.1. The zero-order valence-corrected chi connectivity index (χ0v) is 18.2. The summed E-state index contributed by atoms with van der Waals surface area (Å²) in [6.45, 7) is 1.35. The fraction of sp³-hybridized carbons (Fsp3) is 0.154. The maximum absolute atomic E-state index is 15.0. The van der Waals surface area contributed by atoms with Crippen LogP contribution in [-0.4, -0.2) is 16.9 Å². The van der Waals surface area contributed by atoms with Crippen LogP contribution in [0.4, 0.5) is 8.78 Å². The molecule has 0 unspecified atom stereocenters. The van der Waals surface area contributed by atoms with E-state index in [1.807, 2.05) is 0 Å². The van der Waals surface area contributed by atoms with Crippen molar-refractivity contribution >= 4 is 22.7 Å². The number of benzene rings is 3. The van der Waals surface area contributed by atoms with Crippen molar-refractivity contribution in [2.45, 2.75) is 26.5 Å². The van der Waals surface area contributed by atoms with Gasteiger partial charge in [-0.15, -0.1) is 0 Å². The van der Waals surface area contributed by atoms with Crippen LogP contribution in [0.5, 0.6) is 5.75 Å². The Kier molecular flexibility index (Phi) is 6.43. The lowest BCUT2D eigenvalue weighted by Crippen LogP contribution is -2.06. The van der Waals surface area contributed by atoms with Crippen LogP contribution >= 0.6 is 0 Å². The van der Waals surface area contributed by atoms with E-state index in [-0.39, 0.29) is 42.3 Å². The van der Waals surface area contributed by atoms with Gasteiger partial charge in [0.15, 0.2) is 5.78 Å². The first kappa shape index (κ1) is 23.1. The molecule has 0 spiro atoms. The molecule has 0 saturated carbocycles. The van der Waals surface area contributed by atoms with E-state index in [0.717, 1.165) is 0 Å². The highest BCUT2D eigenvalue weighted by Gasteiger charge is 2.18. The lowest BCUT2D eigenvalue weighted by Gasteiger charge is -2.14. The van der Waals surface area contributed by atoms with Crippen LogP contribution in [0.2, 0.25) is 0 Å². The van der Waals surface area contributed by atoms with Gasteiger partial charge in [0, 0.05) is 45.8 Å². The van der Waals surface area contributed by atoms with Crippen LogP contribution in [0.3, 0.4) is 0 Å². The molecular formula is C26H21F2NO5. The average molecular weight is 465 g/mol. The molecule has 0 aliphatic rings. The minimum absolute atomic E-state index is 0.00300. The maximum Gasteiger partial charge on any atom is 0.307 e. The van der Waals surface area contributed by atoms with Crippen LogP contribution < -0.4 is 10.5 Å². The number of carboxylic acids is 1. The topological polar surface area (TPSA) is 103 Å². The third kappa shape index (κ3) is 4.67. The summed E-state index contributed by atoms with van der Waals surface area (Å²) in [7, 11) is 0. The molecule has 4 rings (SSSR count). The summed E-state index contributed by atoms with van der Waals surface area (Å²) in [5.74, 6) is -1.53. The average Bonchev–Trinajstić information content (AvgIpc) is 3.17. The van der Waals surface area contributed by atoms with Gasteiger partial charge in [0.2, 0.25) is 0 Å². The Morgan fingerprint density at radius 1 is 1.03 bits per heavy atom. The molecule has 0 amide bonds. The van der Waals surface area contributed by atoms with Crippen LogP contribution in [0.25, 0.3) is 22.1 Å². The van der Waals surface area contributed by atoms with Crippen molar-refractivity contribution in [3.63, 3.8) is 0 Å². The zero-order chi connectivity index (χ0) is 24.4. The zero-order valence-electron chi connectivity index (χ0n) is 18.2. The smallest absolute Gasteiger partial charge is 0.307 e. The van der Waals surface area contributed by atoms with E-state index in [2.05, 4.69) is 0 Å². The Morgan fingerprint density at radius 3 is 2.53 bits per heavy atom. The van der Waals surface area contributed by atoms with Crippen molar-refractivity contribution in [2.24, 2.45) is 5.73 Å². The summed E-state index contributed by atoms with van der Waals surface area (Å²) >= 11 is 0. The normalized spacial score (nSPS) is 11.1. The number of nitrogens with two attached hydrogens (primary N) is 1. The molecule has 0 aliphatic carbocycles. The third-order valence-electron chi connectivity index (χ3n) is 5.44. The molecule has 3 aromatic carbocycles. The van der Waals surface area contributed by atoms with Gasteiger partial charge in [-0.05, 0) is 30.7 Å². The predicted molar refractivity (Wildman–Crippen MR) is 122 cm³/mol. The largest absolute Gasteiger partial charge is 0.489 e. The van der Waals surface area contributed by atoms with Gasteiger partial charge in [-0.25, -0.2) is 4.39 Å². The van der Waals surface area contributed by atoms with Crippen molar-refractivity contribution in [2.75, 3.05) is 0 Å². The molecule has 0 radical (unpaired) electrons. The Balaban J connectivity index is 1.75. The molecular weight excluding hydrogens is 444 g/mol. The summed E-state index contributed by atoms with van der Waals surface area (Å²) in [6, 6.07) is 13.0. The summed E-state index contributed by atoms with van der Waals surface area (Å²) in [5.41, 5.74) is 7.98. The molecule has 6 nitrogen and oxygen atoms in total. The van der Waals surface area contributed by atoms with E-state index in [1.54, 1.807) is 36.4 Å². The lowest BCUT2D eigenvalue weighted by atomic mass is 9.98. The highest BCUT2D eigenvalue weighted by Crippen LogP contribution is 2.35. The van der Waals surface area contributed by atoms with Crippen LogP contribution in [0.15, 0.2) is 59.0 Å². The molecule has 0 fully saturated rings. The van der Waals surface area contributed by atoms with Crippen LogP contribution in [0.1, 0.15) is 34.0 Å². The molecule has 0 aliphatic heterocycles. The van der Waals surface area contributed by atoms with Gasteiger partial charge in [-0.2, -0.15) is 4.39 Å². The van der Waals surface area contributed by atoms with Crippen molar-refractivity contribution in [1.82, 2.24) is 0 Å². The van der Waals surface area contributed by atoms with E-state index in [0.29, 0.717) is 33.2 Å². The Hall–Kier alpha value is -4.04. The quantitative estimate of drug-likeness (QED) is 0.345. The Morgan fingerprint density at radius 2 is 1.82 bits per heavy atom. The van der Waals surface area contributed by atoms with Crippen molar-refractivity contribution in [3.05, 3.63) is 88.7 Å². The number of ketones is 1. The lowest BCUT2D eigenvalue weighted by molar-refractivity contribution is -0.136. The van der Waals surface area contributed by atoms with Gasteiger partial charge in [0.25, 0.3) is 6.01 Å². The number of carbonyl (C=O) groups excluding carboxylic acids is 1. The number of carboxylic acid groups (broad SMARTS) is 1. The van der Waals surface area contributed by atoms with Gasteiger partial charge >= 0.3 is 5.97 Å². The molecule has 3 N–H and O–H groups in total. The first-order chi connectivity index (χ1) is 16.3. The molecule has 174 valence electrons. The monoisotopic (exact) mass is 465 g/mol. The van der Waals surface area contributed by atoms with Crippen molar-refractivity contribution in [3.8, 4) is 16.9 Å². The molecule has 4 aromatic rings. The predicted octanol–water partition coefficient (Wildman–Crippen LogP) is 5.25. The molecule has 0 bridgehead atoms. The maximum atomic E-state index is 15.0. The second kappa shape index (κ2) is 9.44. The number of hydrogen-bond donors (Lipinski definition) is 2. The van der Waals surface area contributed by atoms with Gasteiger partial charge in [-0.3, -0.25) is 9.59 Å². The van der Waals surface area contributed by atoms with E-state index in [1.165, 1.54) is 25.1 Å². The Bertz CT molecular complexity index is 1410. The minimum atomic E-state index is -1.05. The molecule has 8 heteroatoms. The van der Waals surface area contributed by atoms with Crippen LogP contribution in [-0.2, 0) is 24.4 Å². The molecule has 1 aromatic heterocycles. The van der Waals surface area contributed by atoms with Gasteiger partial charge < -0.3 is 20.0 Å². The number of hydrogen-bond acceptors (Lipinski definition) is 5.